The molecular formula is C16H15N3O2. The first-order chi connectivity index (χ1) is 10.3. The molecule has 1 aromatic heterocycles. The summed E-state index contributed by atoms with van der Waals surface area (Å²) in [6.07, 6.45) is 11.3. The summed E-state index contributed by atoms with van der Waals surface area (Å²) < 4.78 is 5.00. The summed E-state index contributed by atoms with van der Waals surface area (Å²) >= 11 is 0. The number of aliphatic imine (C=N–C) groups is 2. The van der Waals surface area contributed by atoms with E-state index in [0.717, 1.165) is 28.2 Å². The molecule has 0 aromatic carbocycles. The SMILES string of the molecule is CCOC(=O)Cc1cc[nH]c1C1=NC=CC1=C1C=CC=N1. The van der Waals surface area contributed by atoms with Gasteiger partial charge in [0.1, 0.15) is 0 Å². The number of allylic oxidation sites excluding steroid dienone is 4. The summed E-state index contributed by atoms with van der Waals surface area (Å²) in [6.45, 7) is 2.18. The van der Waals surface area contributed by atoms with Crippen LogP contribution in [0.15, 0.2) is 57.9 Å². The van der Waals surface area contributed by atoms with Crippen LogP contribution in [-0.4, -0.2) is 29.5 Å². The maximum Gasteiger partial charge on any atom is 0.310 e. The number of hydrogen-bond donors (Lipinski definition) is 1. The van der Waals surface area contributed by atoms with Crippen LogP contribution in [0.2, 0.25) is 0 Å². The van der Waals surface area contributed by atoms with E-state index in [-0.39, 0.29) is 12.4 Å². The molecule has 0 atom stereocenters. The molecule has 0 unspecified atom stereocenters. The number of rotatable bonds is 4. The molecule has 106 valence electrons. The van der Waals surface area contributed by atoms with Gasteiger partial charge in [-0.2, -0.15) is 0 Å². The minimum Gasteiger partial charge on any atom is -0.466 e. The zero-order valence-electron chi connectivity index (χ0n) is 11.7. The van der Waals surface area contributed by atoms with Gasteiger partial charge in [0, 0.05) is 24.2 Å². The lowest BCUT2D eigenvalue weighted by Crippen LogP contribution is -2.11. The number of ether oxygens (including phenoxy) is 1. The van der Waals surface area contributed by atoms with Crippen molar-refractivity contribution in [3.8, 4) is 0 Å². The van der Waals surface area contributed by atoms with Gasteiger partial charge in [0.05, 0.1) is 30.1 Å². The van der Waals surface area contributed by atoms with Crippen molar-refractivity contribution in [1.82, 2.24) is 4.98 Å². The Bertz CT molecular complexity index is 704. The topological polar surface area (TPSA) is 66.8 Å². The highest BCUT2D eigenvalue weighted by Gasteiger charge is 2.21. The van der Waals surface area contributed by atoms with E-state index in [4.69, 9.17) is 4.74 Å². The van der Waals surface area contributed by atoms with Crippen LogP contribution in [0.5, 0.6) is 0 Å². The zero-order chi connectivity index (χ0) is 14.7. The largest absolute Gasteiger partial charge is 0.466 e. The molecule has 0 radical (unpaired) electrons. The van der Waals surface area contributed by atoms with Crippen molar-refractivity contribution >= 4 is 17.9 Å². The average molecular weight is 281 g/mol. The van der Waals surface area contributed by atoms with Crippen molar-refractivity contribution in [2.45, 2.75) is 13.3 Å². The Kier molecular flexibility index (Phi) is 3.64. The fourth-order valence-electron chi connectivity index (χ4n) is 2.34. The second-order valence-corrected chi connectivity index (χ2v) is 4.59. The van der Waals surface area contributed by atoms with Gasteiger partial charge in [-0.05, 0) is 36.8 Å². The Morgan fingerprint density at radius 1 is 1.38 bits per heavy atom. The van der Waals surface area contributed by atoms with Crippen LogP contribution in [0.3, 0.4) is 0 Å². The molecule has 5 nitrogen and oxygen atoms in total. The Hall–Kier alpha value is -2.69. The van der Waals surface area contributed by atoms with Crippen LogP contribution in [-0.2, 0) is 16.0 Å². The number of carbonyl (C=O) groups excluding carboxylic acids is 1. The van der Waals surface area contributed by atoms with E-state index >= 15 is 0 Å². The van der Waals surface area contributed by atoms with Crippen molar-refractivity contribution in [2.24, 2.45) is 9.98 Å². The molecule has 1 aromatic rings. The zero-order valence-corrected chi connectivity index (χ0v) is 11.7. The third kappa shape index (κ3) is 2.63. The summed E-state index contributed by atoms with van der Waals surface area (Å²) in [6, 6.07) is 1.88. The summed E-state index contributed by atoms with van der Waals surface area (Å²) in [5.41, 5.74) is 4.34. The lowest BCUT2D eigenvalue weighted by molar-refractivity contribution is -0.142. The van der Waals surface area contributed by atoms with Gasteiger partial charge in [-0.1, -0.05) is 0 Å². The van der Waals surface area contributed by atoms with Crippen LogP contribution in [0.1, 0.15) is 18.2 Å². The summed E-state index contributed by atoms with van der Waals surface area (Å²) in [5.74, 6) is -0.238. The molecule has 0 bridgehead atoms. The van der Waals surface area contributed by atoms with Crippen molar-refractivity contribution in [1.29, 1.82) is 0 Å². The molecule has 0 spiro atoms. The van der Waals surface area contributed by atoms with Gasteiger partial charge in [-0.3, -0.25) is 14.8 Å². The Morgan fingerprint density at radius 2 is 2.29 bits per heavy atom. The normalized spacial score (nSPS) is 19.4. The first kappa shape index (κ1) is 13.3. The van der Waals surface area contributed by atoms with Crippen LogP contribution >= 0.6 is 0 Å². The number of aromatic amines is 1. The van der Waals surface area contributed by atoms with E-state index < -0.39 is 0 Å². The highest BCUT2D eigenvalue weighted by molar-refractivity contribution is 6.17. The molecule has 5 heteroatoms. The maximum absolute atomic E-state index is 11.7. The number of esters is 1. The number of carbonyl (C=O) groups is 1. The van der Waals surface area contributed by atoms with E-state index in [2.05, 4.69) is 15.0 Å². The second-order valence-electron chi connectivity index (χ2n) is 4.59. The van der Waals surface area contributed by atoms with Gasteiger partial charge in [-0.15, -0.1) is 0 Å². The van der Waals surface area contributed by atoms with Crippen LogP contribution in [0.25, 0.3) is 0 Å². The minimum atomic E-state index is -0.238. The molecule has 1 N–H and O–H groups in total. The number of aromatic nitrogens is 1. The molecular weight excluding hydrogens is 266 g/mol. The van der Waals surface area contributed by atoms with Gasteiger partial charge in [-0.25, -0.2) is 0 Å². The first-order valence-electron chi connectivity index (χ1n) is 6.81. The maximum atomic E-state index is 11.7. The smallest absolute Gasteiger partial charge is 0.310 e. The van der Waals surface area contributed by atoms with Crippen molar-refractivity contribution in [3.05, 3.63) is 59.2 Å². The van der Waals surface area contributed by atoms with E-state index in [1.54, 1.807) is 25.5 Å². The number of H-pyrrole nitrogens is 1. The Morgan fingerprint density at radius 3 is 3.05 bits per heavy atom. The monoisotopic (exact) mass is 281 g/mol. The lowest BCUT2D eigenvalue weighted by atomic mass is 10.0. The molecule has 0 fully saturated rings. The fraction of sp³-hybridized carbons (Fsp3) is 0.188. The molecule has 0 saturated carbocycles. The predicted molar refractivity (Wildman–Crippen MR) is 81.5 cm³/mol. The standard InChI is InChI=1S/C16H15N3O2/c1-2-21-14(20)10-11-5-8-18-15(11)16-12(6-9-19-16)13-4-3-7-17-13/h3-9,18H,2,10H2,1H3. The number of hydrogen-bond acceptors (Lipinski definition) is 4. The third-order valence-corrected chi connectivity index (χ3v) is 3.24. The third-order valence-electron chi connectivity index (χ3n) is 3.24. The molecule has 21 heavy (non-hydrogen) atoms. The predicted octanol–water partition coefficient (Wildman–Crippen LogP) is 2.33. The van der Waals surface area contributed by atoms with Crippen LogP contribution in [0, 0.1) is 0 Å². The Balaban J connectivity index is 1.90. The van der Waals surface area contributed by atoms with Gasteiger partial charge in [0.2, 0.25) is 0 Å². The Labute approximate surface area is 122 Å². The van der Waals surface area contributed by atoms with E-state index in [9.17, 15) is 4.79 Å². The molecule has 2 aliphatic rings. The second kappa shape index (κ2) is 5.75. The van der Waals surface area contributed by atoms with Crippen molar-refractivity contribution in [2.75, 3.05) is 6.61 Å². The molecule has 3 heterocycles. The summed E-state index contributed by atoms with van der Waals surface area (Å²) in [5, 5.41) is 0. The van der Waals surface area contributed by atoms with Gasteiger partial charge in [0.15, 0.2) is 0 Å². The highest BCUT2D eigenvalue weighted by Crippen LogP contribution is 2.24. The quantitative estimate of drug-likeness (QED) is 0.861. The van der Waals surface area contributed by atoms with Gasteiger partial charge < -0.3 is 9.72 Å². The van der Waals surface area contributed by atoms with E-state index in [1.165, 1.54) is 0 Å². The lowest BCUT2D eigenvalue weighted by Gasteiger charge is -2.07. The molecule has 3 rings (SSSR count). The summed E-state index contributed by atoms with van der Waals surface area (Å²) in [7, 11) is 0. The van der Waals surface area contributed by atoms with E-state index in [1.807, 2.05) is 24.3 Å². The summed E-state index contributed by atoms with van der Waals surface area (Å²) in [4.78, 5) is 23.5. The molecule has 0 saturated heterocycles. The van der Waals surface area contributed by atoms with E-state index in [0.29, 0.717) is 6.61 Å². The van der Waals surface area contributed by atoms with Crippen molar-refractivity contribution < 1.29 is 9.53 Å². The minimum absolute atomic E-state index is 0.230. The van der Waals surface area contributed by atoms with Crippen LogP contribution < -0.4 is 0 Å². The molecule has 0 amide bonds. The fourth-order valence-corrected chi connectivity index (χ4v) is 2.34. The molecule has 0 aliphatic carbocycles. The average Bonchev–Trinajstić information content (AvgIpc) is 3.19. The number of nitrogens with zero attached hydrogens (tertiary/aromatic N) is 2. The first-order valence-corrected chi connectivity index (χ1v) is 6.81. The number of nitrogens with one attached hydrogen (secondary N) is 1. The van der Waals surface area contributed by atoms with Crippen LogP contribution in [0.4, 0.5) is 0 Å². The highest BCUT2D eigenvalue weighted by atomic mass is 16.5. The van der Waals surface area contributed by atoms with Gasteiger partial charge >= 0.3 is 5.97 Å². The molecule has 2 aliphatic heterocycles. The van der Waals surface area contributed by atoms with Crippen molar-refractivity contribution in [3.63, 3.8) is 0 Å². The van der Waals surface area contributed by atoms with Gasteiger partial charge in [0.25, 0.3) is 0 Å².